The van der Waals surface area contributed by atoms with Gasteiger partial charge in [0.15, 0.2) is 53.5 Å². The number of carbonyl (C=O) groups excluding carboxylic acids is 5. The van der Waals surface area contributed by atoms with Gasteiger partial charge in [0.25, 0.3) is 11.8 Å². The third kappa shape index (κ3) is 38.9. The molecule has 6 unspecified atom stereocenters. The van der Waals surface area contributed by atoms with Gasteiger partial charge in [-0.2, -0.15) is 5.26 Å². The van der Waals surface area contributed by atoms with Crippen molar-refractivity contribution in [2.45, 2.75) is 197 Å². The number of phenols is 1. The number of likely N-dealkylation sites (N-methyl/N-ethyl adjacent to an activating group) is 2. The first-order valence-electron chi connectivity index (χ1n) is 47.2. The highest BCUT2D eigenvalue weighted by molar-refractivity contribution is 7.99. The number of aromatic hydroxyl groups is 1. The molecule has 11 N–H and O–H groups in total. The number of aliphatic hydroxyl groups excluding tert-OH is 4. The number of anilines is 1. The zero-order valence-electron chi connectivity index (χ0n) is 86.2. The molecule has 0 saturated carbocycles. The van der Waals surface area contributed by atoms with Gasteiger partial charge >= 0.3 is 35.5 Å². The van der Waals surface area contributed by atoms with Crippen LogP contribution < -0.4 is 60.1 Å². The van der Waals surface area contributed by atoms with Gasteiger partial charge in [0.05, 0.1) is 87.7 Å². The van der Waals surface area contributed by atoms with Crippen molar-refractivity contribution in [3.05, 3.63) is 237 Å². The molecule has 37 heteroatoms. The van der Waals surface area contributed by atoms with Crippen LogP contribution in [0, 0.1) is 23.2 Å². The van der Waals surface area contributed by atoms with E-state index >= 15 is 0 Å². The number of hydrogen-bond acceptors (Lipinski definition) is 31. The number of amides is 2. The minimum Gasteiger partial charge on any atom is -0.507 e. The number of nitrogens with two attached hydrogens (primary N) is 1. The molecule has 2 aliphatic heterocycles. The SMILES string of the molecule is CC(CCc1ccccc1)NCC(O)c1ccc(O)c(C(N)=O)c1.CC[C@@H](C)C(=O)O[C@@H]1[C@H](OC(C)=O)c2c(ccc3ccc(=O)oc23)OC1(C)C.COCCc1ccc(OCC(O)CNC(C)C)cc1.COc1ccc(CCN(C)CCCC(C#N)(c2ccc(OC)c(OC)c2)C(C)C)cc1OC.COc1ccc([C@@H]2Sc3ccccc3N(CCN(C)C)C(=O)[C@@H]2OC(C)=O)cc1.Cl.Cl.O=C(O)C(O)C(O)C(=O)O. The van der Waals surface area contributed by atoms with E-state index < -0.39 is 95.1 Å². The van der Waals surface area contributed by atoms with Crippen LogP contribution in [-0.4, -0.2) is 252 Å². The van der Waals surface area contributed by atoms with Crippen LogP contribution in [0.3, 0.4) is 0 Å². The third-order valence-electron chi connectivity index (χ3n) is 23.7. The second-order valence-electron chi connectivity index (χ2n) is 35.8. The van der Waals surface area contributed by atoms with Crippen LogP contribution in [0.1, 0.15) is 169 Å². The van der Waals surface area contributed by atoms with Gasteiger partial charge in [-0.3, -0.25) is 24.0 Å². The van der Waals surface area contributed by atoms with Gasteiger partial charge in [-0.05, 0) is 224 Å². The molecule has 0 radical (unpaired) electrons. The van der Waals surface area contributed by atoms with Crippen molar-refractivity contribution < 1.29 is 126 Å². The molecule has 3 heterocycles. The minimum atomic E-state index is -2.27. The zero-order valence-corrected chi connectivity index (χ0v) is 88.7. The van der Waals surface area contributed by atoms with Crippen LogP contribution in [0.2, 0.25) is 0 Å². The van der Waals surface area contributed by atoms with Crippen molar-refractivity contribution in [3.63, 3.8) is 0 Å². The van der Waals surface area contributed by atoms with E-state index in [9.17, 15) is 58.9 Å². The summed E-state index contributed by atoms with van der Waals surface area (Å²) in [5, 5.41) is 79.1. The molecule has 0 bridgehead atoms. The van der Waals surface area contributed by atoms with Gasteiger partial charge in [0.2, 0.25) is 0 Å². The molecule has 794 valence electrons. The number of ether oxygens (including phenoxy) is 11. The number of aliphatic carboxylic acids is 2. The fraction of sp³-hybridized carbons (Fsp3) is 0.454. The molecule has 1 aromatic heterocycles. The minimum absolute atomic E-state index is 0. The molecule has 11 atom stereocenters. The maximum Gasteiger partial charge on any atom is 0.336 e. The number of carbonyl (C=O) groups is 7. The number of nitrogens with zero attached hydrogens (tertiary/aromatic N) is 4. The van der Waals surface area contributed by atoms with Gasteiger partial charge in [-0.15, -0.1) is 36.6 Å². The number of nitrogens with one attached hydrogen (secondary N) is 2. The van der Waals surface area contributed by atoms with E-state index in [1.54, 1.807) is 104 Å². The molecule has 0 fully saturated rings. The lowest BCUT2D eigenvalue weighted by Crippen LogP contribution is -2.52. The highest BCUT2D eigenvalue weighted by Crippen LogP contribution is 2.49. The Kier molecular flexibility index (Phi) is 53.9. The summed E-state index contributed by atoms with van der Waals surface area (Å²) < 4.78 is 65.8. The second kappa shape index (κ2) is 62.5. The number of methoxy groups -OCH3 is 6. The Hall–Kier alpha value is -12.3. The summed E-state index contributed by atoms with van der Waals surface area (Å²) in [4.78, 5) is 99.4. The summed E-state index contributed by atoms with van der Waals surface area (Å²) >= 11 is 1.54. The molecule has 2 aliphatic rings. The Morgan fingerprint density at radius 2 is 1.21 bits per heavy atom. The monoisotopic (exact) mass is 2070 g/mol. The predicted octanol–water partition coefficient (Wildman–Crippen LogP) is 14.5. The van der Waals surface area contributed by atoms with Crippen LogP contribution in [0.15, 0.2) is 196 Å². The Labute approximate surface area is 866 Å². The summed E-state index contributed by atoms with van der Waals surface area (Å²) in [6.07, 6.45) is -2.56. The van der Waals surface area contributed by atoms with Crippen molar-refractivity contribution in [3.8, 4) is 52.1 Å². The van der Waals surface area contributed by atoms with Crippen LogP contribution in [0.25, 0.3) is 11.0 Å². The first-order chi connectivity index (χ1) is 67.9. The number of para-hydroxylation sites is 1. The number of primary amides is 1. The van der Waals surface area contributed by atoms with Gasteiger partial charge in [-0.1, -0.05) is 126 Å². The lowest BCUT2D eigenvalue weighted by molar-refractivity contribution is -0.192. The van der Waals surface area contributed by atoms with Crippen LogP contribution in [-0.2, 0) is 72.4 Å². The van der Waals surface area contributed by atoms with Gasteiger partial charge in [-0.25, -0.2) is 14.4 Å². The predicted molar refractivity (Wildman–Crippen MR) is 559 cm³/mol. The Morgan fingerprint density at radius 1 is 0.628 bits per heavy atom. The maximum absolute atomic E-state index is 13.6. The third-order valence-corrected chi connectivity index (χ3v) is 25.0. The number of rotatable bonds is 43. The molecular formula is C108H145Cl2N7O27S. The number of benzene rings is 8. The largest absolute Gasteiger partial charge is 0.507 e. The number of carboxylic acid groups (broad SMARTS) is 2. The van der Waals surface area contributed by atoms with Crippen molar-refractivity contribution in [2.75, 3.05) is 121 Å². The lowest BCUT2D eigenvalue weighted by atomic mass is 9.69. The number of carboxylic acids is 2. The summed E-state index contributed by atoms with van der Waals surface area (Å²) in [6.45, 7) is 25.1. The lowest BCUT2D eigenvalue weighted by Gasteiger charge is -2.43. The van der Waals surface area contributed by atoms with Gasteiger partial charge in [0.1, 0.15) is 46.9 Å². The van der Waals surface area contributed by atoms with E-state index in [2.05, 4.69) is 67.6 Å². The molecule has 11 rings (SSSR count). The quantitative estimate of drug-likeness (QED) is 0.00964. The fourth-order valence-corrected chi connectivity index (χ4v) is 16.4. The summed E-state index contributed by atoms with van der Waals surface area (Å²) in [6, 6.07) is 59.4. The van der Waals surface area contributed by atoms with Crippen molar-refractivity contribution >= 4 is 94.9 Å². The summed E-state index contributed by atoms with van der Waals surface area (Å²) in [5.74, 6) is -1.48. The smallest absolute Gasteiger partial charge is 0.336 e. The van der Waals surface area contributed by atoms with E-state index in [0.717, 1.165) is 103 Å². The molecule has 9 aromatic rings. The molecule has 8 aromatic carbocycles. The summed E-state index contributed by atoms with van der Waals surface area (Å²) in [5.41, 5.74) is 10.7. The van der Waals surface area contributed by atoms with E-state index in [4.69, 9.17) is 82.7 Å². The number of fused-ring (bicyclic) bond motifs is 4. The average Bonchev–Trinajstić information content (AvgIpc) is 0.942. The number of hydrogen-bond donors (Lipinski definition) is 10. The number of nitriles is 1. The molecule has 34 nitrogen and oxygen atoms in total. The highest BCUT2D eigenvalue weighted by atomic mass is 35.5. The Balaban J connectivity index is 0.000000370. The van der Waals surface area contributed by atoms with E-state index in [0.29, 0.717) is 79.0 Å². The van der Waals surface area contributed by atoms with E-state index in [1.165, 1.54) is 48.7 Å². The molecule has 145 heavy (non-hydrogen) atoms. The van der Waals surface area contributed by atoms with E-state index in [-0.39, 0.29) is 70.7 Å². The molecule has 0 saturated heterocycles. The van der Waals surface area contributed by atoms with Crippen molar-refractivity contribution in [2.24, 2.45) is 17.6 Å². The van der Waals surface area contributed by atoms with Crippen LogP contribution in [0.5, 0.6) is 46.0 Å². The molecular weight excluding hydrogens is 1930 g/mol. The summed E-state index contributed by atoms with van der Waals surface area (Å²) in [7, 11) is 15.9. The number of halogens is 2. The normalized spacial score (nSPS) is 15.8. The average molecular weight is 2080 g/mol. The fourth-order valence-electron chi connectivity index (χ4n) is 15.1. The number of aliphatic hydroxyl groups is 4. The van der Waals surface area contributed by atoms with E-state index in [1.807, 2.05) is 161 Å². The molecule has 0 aliphatic carbocycles. The Bertz CT molecular complexity index is 5620. The maximum atomic E-state index is 13.6. The molecule has 2 amide bonds. The highest BCUT2D eigenvalue weighted by Gasteiger charge is 2.51. The molecule has 0 spiro atoms. The number of esters is 3. The van der Waals surface area contributed by atoms with Crippen molar-refractivity contribution in [1.29, 1.82) is 5.26 Å². The second-order valence-corrected chi connectivity index (χ2v) is 37.0. The van der Waals surface area contributed by atoms with Crippen molar-refractivity contribution in [1.82, 2.24) is 20.4 Å². The van der Waals surface area contributed by atoms with Gasteiger partial charge < -0.3 is 123 Å². The van der Waals surface area contributed by atoms with Crippen LogP contribution in [0.4, 0.5) is 5.69 Å². The number of thioether (sulfide) groups is 1. The van der Waals surface area contributed by atoms with Gasteiger partial charge in [0, 0.05) is 82.1 Å². The first kappa shape index (κ1) is 125. The Morgan fingerprint density at radius 3 is 1.77 bits per heavy atom. The van der Waals surface area contributed by atoms with Crippen LogP contribution >= 0.6 is 36.6 Å². The first-order valence-corrected chi connectivity index (χ1v) is 48.0. The zero-order chi connectivity index (χ0) is 106. The standard InChI is InChI=1S/C27H38N2O4.C22H26N2O4S.C21H24O7.C19H24N2O3.C15H25NO3.C4H6O6.2ClH/c1-20(2)27(19-28,22-10-12-24(31-5)26(18-22)33-7)14-8-15-29(3)16-13-21-9-11-23(30-4)25(17-21)32-6;1-15(25)28-20-21(16-9-11-17(27-4)12-10-16)29-19-8-6-5-7-18(19)24(22(20)26)14-13-23(2)3;1-6-11(2)20(24)27-19-18(25-12(3)22)16-14(28-21(19,4)5)9-7-13-8-10-15(23)26-17(13)16;1-13(7-8-14-5-3-2-4-6-14)21-12-18(23)15-9-10-17(22)16(11-15)19(20)24;1-12(2)16-10-14(17)11-19-15-6-4-13(5-7-15)8-9-18-3;5-1(3(7)8)2(6)4(9)10;;/h9-12,17-18,20H,8,13-16H2,1-7H3;5-12,20-21H,13-14H2,1-4H3;7-11,18-19H,6H2,1-5H3;2-6,9-11,13,18,21-23H,7-8,12H2,1H3,(H2,20,24);4-7,12,14,16-17H,8-11H2,1-3H3;1-2,5-6H,(H,7,8)(H,9,10);2*1H/t;20-,21+;11-,18-,19-;;;;;/m.11...../s1. The number of aryl methyl sites for hydroxylation is 1. The topological polar surface area (TPSA) is 476 Å².